The zero-order valence-corrected chi connectivity index (χ0v) is 42.1. The molecular formula is C54H56O8Si4. The normalized spacial score (nSPS) is 11.8. The van der Waals surface area contributed by atoms with Crippen molar-refractivity contribution in [1.82, 2.24) is 0 Å². The van der Waals surface area contributed by atoms with Crippen LogP contribution in [0.2, 0.25) is 39.3 Å². The van der Waals surface area contributed by atoms with Gasteiger partial charge in [0, 0.05) is 0 Å². The number of benzene rings is 8. The fourth-order valence-electron chi connectivity index (χ4n) is 6.95. The maximum Gasteiger partial charge on any atom is 0.401 e. The van der Waals surface area contributed by atoms with Crippen molar-refractivity contribution in [3.05, 3.63) is 218 Å². The van der Waals surface area contributed by atoms with Crippen molar-refractivity contribution in [3.8, 4) is 46.0 Å². The number of rotatable bonds is 16. The van der Waals surface area contributed by atoms with E-state index in [4.69, 9.17) is 27.2 Å². The number of ether oxygens (including phenoxy) is 4. The maximum atomic E-state index is 10.8. The van der Waals surface area contributed by atoms with Gasteiger partial charge in [-0.3, -0.25) is 0 Å². The van der Waals surface area contributed by atoms with Gasteiger partial charge in [0.1, 0.15) is 46.0 Å². The van der Waals surface area contributed by atoms with E-state index in [-0.39, 0.29) is 0 Å². The zero-order chi connectivity index (χ0) is 46.6. The molecule has 0 heterocycles. The minimum absolute atomic E-state index is 0.481. The van der Waals surface area contributed by atoms with Gasteiger partial charge in [-0.1, -0.05) is 121 Å². The van der Waals surface area contributed by atoms with E-state index in [2.05, 4.69) is 63.5 Å². The van der Waals surface area contributed by atoms with Crippen LogP contribution in [0, 0.1) is 0 Å². The van der Waals surface area contributed by atoms with Crippen LogP contribution in [0.5, 0.6) is 46.0 Å². The molecule has 0 bridgehead atoms. The molecule has 0 aliphatic heterocycles. The van der Waals surface area contributed by atoms with E-state index in [9.17, 15) is 9.59 Å². The Morgan fingerprint density at radius 2 is 0.455 bits per heavy atom. The summed E-state index contributed by atoms with van der Waals surface area (Å²) in [6.45, 7) is 13.3. The van der Waals surface area contributed by atoms with Crippen molar-refractivity contribution in [3.63, 3.8) is 0 Å². The predicted molar refractivity (Wildman–Crippen MR) is 275 cm³/mol. The monoisotopic (exact) mass is 944 g/mol. The molecule has 0 radical (unpaired) electrons. The Morgan fingerprint density at radius 1 is 0.258 bits per heavy atom. The van der Waals surface area contributed by atoms with Crippen LogP contribution >= 0.6 is 0 Å². The van der Waals surface area contributed by atoms with Crippen molar-refractivity contribution in [2.24, 2.45) is 0 Å². The highest BCUT2D eigenvalue weighted by atomic mass is 28.5. The summed E-state index contributed by atoms with van der Waals surface area (Å²) in [5.41, 5.74) is 0. The van der Waals surface area contributed by atoms with Crippen LogP contribution in [0.3, 0.4) is 0 Å². The molecular weight excluding hydrogens is 889 g/mol. The van der Waals surface area contributed by atoms with Crippen LogP contribution in [0.4, 0.5) is 0 Å². The van der Waals surface area contributed by atoms with Gasteiger partial charge in [0.15, 0.2) is 16.6 Å². The van der Waals surface area contributed by atoms with Gasteiger partial charge >= 0.3 is 17.1 Å². The Labute approximate surface area is 393 Å². The largest absolute Gasteiger partial charge is 0.457 e. The first-order chi connectivity index (χ1) is 31.6. The second-order valence-electron chi connectivity index (χ2n) is 17.5. The second-order valence-corrected chi connectivity index (χ2v) is 32.4. The van der Waals surface area contributed by atoms with Gasteiger partial charge in [0.25, 0.3) is 0 Å². The first kappa shape index (κ1) is 47.6. The van der Waals surface area contributed by atoms with E-state index in [1.165, 1.54) is 0 Å². The van der Waals surface area contributed by atoms with Crippen LogP contribution in [0.1, 0.15) is 0 Å². The highest BCUT2D eigenvalue weighted by Gasteiger charge is 2.48. The molecule has 8 rings (SSSR count). The first-order valence-electron chi connectivity index (χ1n) is 21.8. The van der Waals surface area contributed by atoms with Gasteiger partial charge < -0.3 is 36.8 Å². The molecule has 8 aromatic carbocycles. The van der Waals surface area contributed by atoms with Crippen molar-refractivity contribution >= 4 is 54.5 Å². The number of hydrogen-bond acceptors (Lipinski definition) is 8. The Morgan fingerprint density at radius 3 is 0.667 bits per heavy atom. The molecule has 0 aliphatic rings. The predicted octanol–water partition coefficient (Wildman–Crippen LogP) is 11.3. The fraction of sp³-hybridized carbons (Fsp3) is 0.111. The van der Waals surface area contributed by atoms with E-state index in [0.29, 0.717) is 21.9 Å². The van der Waals surface area contributed by atoms with Gasteiger partial charge in [-0.25, -0.2) is 0 Å². The molecule has 8 aromatic rings. The summed E-state index contributed by atoms with van der Waals surface area (Å²) in [4.78, 5) is 21.7. The van der Waals surface area contributed by atoms with Crippen LogP contribution in [-0.2, 0) is 8.23 Å². The lowest BCUT2D eigenvalue weighted by Crippen LogP contribution is -2.69. The number of para-hydroxylation sites is 4. The topological polar surface area (TPSA) is 95.8 Å². The van der Waals surface area contributed by atoms with Crippen molar-refractivity contribution < 1.29 is 36.8 Å². The third-order valence-corrected chi connectivity index (χ3v) is 21.5. The third kappa shape index (κ3) is 13.4. The second kappa shape index (κ2) is 21.3. The third-order valence-electron chi connectivity index (χ3n) is 9.80. The van der Waals surface area contributed by atoms with Crippen LogP contribution in [-0.4, -0.2) is 43.3 Å². The lowest BCUT2D eigenvalue weighted by atomic mass is 10.3. The molecule has 0 spiro atoms. The van der Waals surface area contributed by atoms with Gasteiger partial charge in [-0.2, -0.15) is 0 Å². The molecule has 0 amide bonds. The lowest BCUT2D eigenvalue weighted by Gasteiger charge is -2.41. The first-order valence-corrected chi connectivity index (χ1v) is 32.4. The van der Waals surface area contributed by atoms with Crippen molar-refractivity contribution in [2.45, 2.75) is 39.3 Å². The SMILES string of the molecule is C[Si](C)(C)O[Si](O[Si](C)(C)C)(c1ccc(Oc2ccccc2)cc1)c1ccc(Oc2ccccc2)cc1.O[Si](O)(c1ccc(Oc2ccccc2)cc1)c1ccc(Oc2ccccc2)cc1. The minimum Gasteiger partial charge on any atom is -0.457 e. The molecule has 0 atom stereocenters. The average Bonchev–Trinajstić information content (AvgIpc) is 3.30. The summed E-state index contributed by atoms with van der Waals surface area (Å²) >= 11 is 0. The summed E-state index contributed by atoms with van der Waals surface area (Å²) in [5.74, 6) is 5.91. The Bertz CT molecular complexity index is 2510. The molecule has 2 N–H and O–H groups in total. The summed E-state index contributed by atoms with van der Waals surface area (Å²) < 4.78 is 37.8. The van der Waals surface area contributed by atoms with Crippen LogP contribution < -0.4 is 39.7 Å². The molecule has 336 valence electrons. The minimum atomic E-state index is -3.80. The van der Waals surface area contributed by atoms with Gasteiger partial charge in [0.2, 0.25) is 0 Å². The molecule has 0 aromatic heterocycles. The lowest BCUT2D eigenvalue weighted by molar-refractivity contribution is 0.401. The highest BCUT2D eigenvalue weighted by Crippen LogP contribution is 2.27. The summed E-state index contributed by atoms with van der Waals surface area (Å²) in [7, 11) is -10.9. The highest BCUT2D eigenvalue weighted by molar-refractivity contribution is 7.02. The molecule has 8 nitrogen and oxygen atoms in total. The number of hydrogen-bond donors (Lipinski definition) is 2. The van der Waals surface area contributed by atoms with Crippen LogP contribution in [0.15, 0.2) is 218 Å². The Balaban J connectivity index is 0.000000202. The van der Waals surface area contributed by atoms with E-state index in [0.717, 1.165) is 44.9 Å². The van der Waals surface area contributed by atoms with Gasteiger partial charge in [-0.15, -0.1) is 0 Å². The molecule has 0 saturated heterocycles. The summed E-state index contributed by atoms with van der Waals surface area (Å²) in [6.07, 6.45) is 0. The van der Waals surface area contributed by atoms with Gasteiger partial charge in [-0.05, 0) is 157 Å². The van der Waals surface area contributed by atoms with Crippen LogP contribution in [0.25, 0.3) is 0 Å². The molecule has 0 saturated carbocycles. The zero-order valence-electron chi connectivity index (χ0n) is 38.1. The Hall–Kier alpha value is -6.33. The standard InChI is InChI=1S/C30H36O4Si3.C24H20O4Si/c1-35(2,3)33-37(34-36(4,5)6,29-21-17-27(18-22-29)31-25-13-9-7-10-14-25)30-23-19-28(20-24-30)32-26-15-11-8-12-16-26;25-29(26,23-15-11-21(12-16-23)27-19-7-3-1-4-8-19)24-17-13-22(14-18-24)28-20-9-5-2-6-10-20/h7-24H,1-6H3;1-18,25-26H. The molecule has 0 aliphatic carbocycles. The Kier molecular flexibility index (Phi) is 15.4. The molecule has 0 fully saturated rings. The molecule has 0 unspecified atom stereocenters. The fourth-order valence-corrected chi connectivity index (χ4v) is 19.4. The van der Waals surface area contributed by atoms with Crippen molar-refractivity contribution in [2.75, 3.05) is 0 Å². The smallest absolute Gasteiger partial charge is 0.401 e. The van der Waals surface area contributed by atoms with Crippen molar-refractivity contribution in [1.29, 1.82) is 0 Å². The maximum absolute atomic E-state index is 10.8. The summed E-state index contributed by atoms with van der Waals surface area (Å²) in [5, 5.41) is 3.12. The quantitative estimate of drug-likeness (QED) is 0.0925. The summed E-state index contributed by atoms with van der Waals surface area (Å²) in [6, 6.07) is 68.8. The molecule has 66 heavy (non-hydrogen) atoms. The van der Waals surface area contributed by atoms with Gasteiger partial charge in [0.05, 0.1) is 0 Å². The van der Waals surface area contributed by atoms with E-state index in [1.807, 2.05) is 146 Å². The van der Waals surface area contributed by atoms with E-state index in [1.54, 1.807) is 48.5 Å². The molecule has 12 heteroatoms. The van der Waals surface area contributed by atoms with E-state index < -0.39 is 33.8 Å². The average molecular weight is 945 g/mol. The van der Waals surface area contributed by atoms with E-state index >= 15 is 0 Å².